The first-order valence-corrected chi connectivity index (χ1v) is 12.7. The number of nitro benzene ring substituents is 1. The molecule has 0 unspecified atom stereocenters. The van der Waals surface area contributed by atoms with Gasteiger partial charge in [-0.1, -0.05) is 18.2 Å². The zero-order chi connectivity index (χ0) is 24.8. The molecule has 4 rings (SSSR count). The fraction of sp³-hybridized carbons (Fsp3) is 0.292. The number of aromatic nitrogens is 1. The van der Waals surface area contributed by atoms with Crippen molar-refractivity contribution in [3.63, 3.8) is 0 Å². The Morgan fingerprint density at radius 3 is 2.54 bits per heavy atom. The molecule has 1 saturated heterocycles. The van der Waals surface area contributed by atoms with Gasteiger partial charge >= 0.3 is 0 Å². The fourth-order valence-corrected chi connectivity index (χ4v) is 5.41. The number of morpholine rings is 1. The Balaban J connectivity index is 1.56. The summed E-state index contributed by atoms with van der Waals surface area (Å²) in [6, 6.07) is 16.4. The summed E-state index contributed by atoms with van der Waals surface area (Å²) < 4.78 is 33.2. The highest BCUT2D eigenvalue weighted by Crippen LogP contribution is 2.31. The molecule has 35 heavy (non-hydrogen) atoms. The molecule has 3 aromatic rings. The average Bonchev–Trinajstić information content (AvgIpc) is 2.89. The van der Waals surface area contributed by atoms with Crippen molar-refractivity contribution in [3.8, 4) is 0 Å². The first-order valence-electron chi connectivity index (χ1n) is 11.3. The van der Waals surface area contributed by atoms with E-state index in [1.54, 1.807) is 43.5 Å². The summed E-state index contributed by atoms with van der Waals surface area (Å²) >= 11 is 0. The number of hydrogen-bond donors (Lipinski definition) is 1. The molecule has 0 atom stereocenters. The first-order chi connectivity index (χ1) is 16.9. The Bertz CT molecular complexity index is 1280. The molecule has 0 amide bonds. The van der Waals surface area contributed by atoms with E-state index < -0.39 is 14.9 Å². The van der Waals surface area contributed by atoms with Crippen molar-refractivity contribution in [1.29, 1.82) is 0 Å². The van der Waals surface area contributed by atoms with Crippen LogP contribution in [0.1, 0.15) is 12.5 Å². The number of pyridine rings is 1. The molecule has 1 aliphatic rings. The van der Waals surface area contributed by atoms with Gasteiger partial charge in [-0.2, -0.15) is 0 Å². The normalized spacial score (nSPS) is 13.9. The van der Waals surface area contributed by atoms with Crippen LogP contribution in [0.4, 0.5) is 22.9 Å². The molecule has 0 saturated carbocycles. The number of para-hydroxylation sites is 1. The van der Waals surface area contributed by atoms with Gasteiger partial charge in [-0.25, -0.2) is 13.4 Å². The molecule has 11 heteroatoms. The summed E-state index contributed by atoms with van der Waals surface area (Å²) in [6.45, 7) is 5.02. The molecule has 1 fully saturated rings. The van der Waals surface area contributed by atoms with E-state index in [4.69, 9.17) is 4.74 Å². The number of nitro groups is 1. The second-order valence-corrected chi connectivity index (χ2v) is 9.78. The molecule has 0 bridgehead atoms. The third kappa shape index (κ3) is 5.52. The number of ether oxygens (including phenoxy) is 1. The van der Waals surface area contributed by atoms with Crippen LogP contribution >= 0.6 is 0 Å². The number of anilines is 3. The molecule has 2 aromatic carbocycles. The van der Waals surface area contributed by atoms with Gasteiger partial charge in [-0.05, 0) is 48.9 Å². The third-order valence-corrected chi connectivity index (χ3v) is 7.61. The second kappa shape index (κ2) is 10.7. The van der Waals surface area contributed by atoms with Crippen molar-refractivity contribution in [2.45, 2.75) is 18.4 Å². The Morgan fingerprint density at radius 1 is 1.11 bits per heavy atom. The summed E-state index contributed by atoms with van der Waals surface area (Å²) in [5, 5.41) is 14.9. The Labute approximate surface area is 204 Å². The van der Waals surface area contributed by atoms with E-state index in [0.29, 0.717) is 25.4 Å². The predicted molar refractivity (Wildman–Crippen MR) is 134 cm³/mol. The highest BCUT2D eigenvalue weighted by molar-refractivity contribution is 7.92. The summed E-state index contributed by atoms with van der Waals surface area (Å²) in [5.74, 6) is 0.823. The summed E-state index contributed by atoms with van der Waals surface area (Å²) in [4.78, 5) is 17.6. The van der Waals surface area contributed by atoms with E-state index in [-0.39, 0.29) is 22.8 Å². The van der Waals surface area contributed by atoms with Crippen LogP contribution in [-0.2, 0) is 21.3 Å². The van der Waals surface area contributed by atoms with Gasteiger partial charge in [0.25, 0.3) is 15.7 Å². The first kappa shape index (κ1) is 24.4. The maximum absolute atomic E-state index is 13.3. The van der Waals surface area contributed by atoms with Gasteiger partial charge in [0.05, 0.1) is 28.7 Å². The van der Waals surface area contributed by atoms with Crippen LogP contribution in [0.15, 0.2) is 71.8 Å². The van der Waals surface area contributed by atoms with Gasteiger partial charge in [-0.3, -0.25) is 14.4 Å². The standard InChI is InChI=1S/C24H27N5O5S/c1-2-28(20-6-4-3-5-7-20)35(32,33)21-8-9-22(23(17-21)29(30)31)26-18-19-10-11-25-24(16-19)27-12-14-34-15-13-27/h3-11,16-17,26H,2,12-15,18H2,1H3. The minimum absolute atomic E-state index is 0.140. The van der Waals surface area contributed by atoms with Crippen molar-refractivity contribution >= 4 is 32.9 Å². The molecule has 184 valence electrons. The van der Waals surface area contributed by atoms with Gasteiger partial charge in [0.15, 0.2) is 0 Å². The molecule has 1 aliphatic heterocycles. The van der Waals surface area contributed by atoms with Crippen molar-refractivity contribution < 1.29 is 18.1 Å². The summed E-state index contributed by atoms with van der Waals surface area (Å²) in [7, 11) is -3.99. The van der Waals surface area contributed by atoms with Crippen LogP contribution in [0.25, 0.3) is 0 Å². The smallest absolute Gasteiger partial charge is 0.293 e. The molecular formula is C24H27N5O5S. The van der Waals surface area contributed by atoms with E-state index in [9.17, 15) is 18.5 Å². The number of sulfonamides is 1. The van der Waals surface area contributed by atoms with Crippen LogP contribution in [-0.4, -0.2) is 51.2 Å². The Morgan fingerprint density at radius 2 is 1.86 bits per heavy atom. The number of hydrogen-bond acceptors (Lipinski definition) is 8. The minimum Gasteiger partial charge on any atom is -0.378 e. The van der Waals surface area contributed by atoms with E-state index in [0.717, 1.165) is 30.5 Å². The fourth-order valence-electron chi connectivity index (χ4n) is 3.92. The number of benzene rings is 2. The largest absolute Gasteiger partial charge is 0.378 e. The van der Waals surface area contributed by atoms with Crippen molar-refractivity contribution in [2.24, 2.45) is 0 Å². The monoisotopic (exact) mass is 497 g/mol. The van der Waals surface area contributed by atoms with Gasteiger partial charge in [0.2, 0.25) is 0 Å². The lowest BCUT2D eigenvalue weighted by molar-refractivity contribution is -0.384. The van der Waals surface area contributed by atoms with E-state index in [1.807, 2.05) is 12.1 Å². The number of rotatable bonds is 9. The lowest BCUT2D eigenvalue weighted by Gasteiger charge is -2.28. The van der Waals surface area contributed by atoms with Crippen molar-refractivity contribution in [1.82, 2.24) is 4.98 Å². The molecule has 1 aromatic heterocycles. The topological polar surface area (TPSA) is 118 Å². The van der Waals surface area contributed by atoms with Gasteiger partial charge < -0.3 is 15.0 Å². The third-order valence-electron chi connectivity index (χ3n) is 5.71. The quantitative estimate of drug-likeness (QED) is 0.352. The molecular weight excluding hydrogens is 470 g/mol. The van der Waals surface area contributed by atoms with Crippen LogP contribution in [0.3, 0.4) is 0 Å². The molecule has 0 spiro atoms. The minimum atomic E-state index is -3.99. The number of nitrogens with one attached hydrogen (secondary N) is 1. The maximum atomic E-state index is 13.3. The summed E-state index contributed by atoms with van der Waals surface area (Å²) in [5.41, 5.74) is 1.32. The van der Waals surface area contributed by atoms with E-state index in [1.165, 1.54) is 16.4 Å². The molecule has 10 nitrogen and oxygen atoms in total. The highest BCUT2D eigenvalue weighted by atomic mass is 32.2. The number of nitrogens with zero attached hydrogens (tertiary/aromatic N) is 4. The van der Waals surface area contributed by atoms with E-state index >= 15 is 0 Å². The Kier molecular flexibility index (Phi) is 7.47. The molecule has 0 aliphatic carbocycles. The van der Waals surface area contributed by atoms with Crippen molar-refractivity contribution in [2.75, 3.05) is 47.4 Å². The molecule has 0 radical (unpaired) electrons. The lowest BCUT2D eigenvalue weighted by Crippen LogP contribution is -2.36. The maximum Gasteiger partial charge on any atom is 0.293 e. The average molecular weight is 498 g/mol. The zero-order valence-electron chi connectivity index (χ0n) is 19.3. The predicted octanol–water partition coefficient (Wildman–Crippen LogP) is 3.65. The van der Waals surface area contributed by atoms with E-state index in [2.05, 4.69) is 15.2 Å². The summed E-state index contributed by atoms with van der Waals surface area (Å²) in [6.07, 6.45) is 1.70. The highest BCUT2D eigenvalue weighted by Gasteiger charge is 2.27. The van der Waals surface area contributed by atoms with Crippen LogP contribution < -0.4 is 14.5 Å². The zero-order valence-corrected chi connectivity index (χ0v) is 20.1. The van der Waals surface area contributed by atoms with Crippen LogP contribution in [0.5, 0.6) is 0 Å². The SMILES string of the molecule is CCN(c1ccccc1)S(=O)(=O)c1ccc(NCc2ccnc(N3CCOCC3)c2)c([N+](=O)[O-])c1. The van der Waals surface area contributed by atoms with Crippen LogP contribution in [0.2, 0.25) is 0 Å². The van der Waals surface area contributed by atoms with Crippen molar-refractivity contribution in [3.05, 3.63) is 82.5 Å². The van der Waals surface area contributed by atoms with Gasteiger partial charge in [0.1, 0.15) is 11.5 Å². The molecule has 2 heterocycles. The molecule has 1 N–H and O–H groups in total. The van der Waals surface area contributed by atoms with Gasteiger partial charge in [-0.15, -0.1) is 0 Å². The Hall–Kier alpha value is -3.70. The lowest BCUT2D eigenvalue weighted by atomic mass is 10.2. The van der Waals surface area contributed by atoms with Gasteiger partial charge in [0, 0.05) is 38.4 Å². The second-order valence-electron chi connectivity index (χ2n) is 7.92. The van der Waals surface area contributed by atoms with Crippen LogP contribution in [0, 0.1) is 10.1 Å².